The zero-order valence-electron chi connectivity index (χ0n) is 8.39. The molecule has 1 aromatic rings. The summed E-state index contributed by atoms with van der Waals surface area (Å²) < 4.78 is 0. The highest BCUT2D eigenvalue weighted by molar-refractivity contribution is 6.74. The van der Waals surface area contributed by atoms with Crippen LogP contribution in [0.3, 0.4) is 0 Å². The van der Waals surface area contributed by atoms with Crippen LogP contribution in [0.4, 0.5) is 0 Å². The SMILES string of the molecule is C[Si+](c1ccccc1)C(C)(C)C. The van der Waals surface area contributed by atoms with Gasteiger partial charge in [-0.25, -0.2) is 0 Å². The second-order valence-electron chi connectivity index (χ2n) is 4.24. The van der Waals surface area contributed by atoms with Crippen LogP contribution >= 0.6 is 0 Å². The first-order chi connectivity index (χ1) is 5.52. The molecule has 64 valence electrons. The normalized spacial score (nSPS) is 11.3. The maximum atomic E-state index is 2.39. The Kier molecular flexibility index (Phi) is 2.73. The Morgan fingerprint density at radius 2 is 1.50 bits per heavy atom. The van der Waals surface area contributed by atoms with Crippen molar-refractivity contribution in [2.24, 2.45) is 0 Å². The van der Waals surface area contributed by atoms with E-state index in [1.165, 1.54) is 5.19 Å². The molecular weight excluding hydrogens is 160 g/mol. The second-order valence-corrected chi connectivity index (χ2v) is 7.57. The van der Waals surface area contributed by atoms with Gasteiger partial charge in [-0.05, 0) is 32.9 Å². The summed E-state index contributed by atoms with van der Waals surface area (Å²) in [5.41, 5.74) is 0. The molecular formula is C11H17Si+. The first kappa shape index (κ1) is 9.52. The summed E-state index contributed by atoms with van der Waals surface area (Å²) in [5, 5.41) is 2.00. The lowest BCUT2D eigenvalue weighted by atomic mass is 10.2. The molecule has 0 saturated heterocycles. The van der Waals surface area contributed by atoms with E-state index in [4.69, 9.17) is 0 Å². The van der Waals surface area contributed by atoms with Gasteiger partial charge < -0.3 is 0 Å². The average Bonchev–Trinajstić information content (AvgIpc) is 2.03. The molecule has 0 saturated carbocycles. The molecule has 0 radical (unpaired) electrons. The van der Waals surface area contributed by atoms with Crippen molar-refractivity contribution in [1.82, 2.24) is 0 Å². The van der Waals surface area contributed by atoms with Crippen LogP contribution in [0.5, 0.6) is 0 Å². The number of hydrogen-bond acceptors (Lipinski definition) is 0. The smallest absolute Gasteiger partial charge is 0.0621 e. The standard InChI is InChI=1S/C11H17Si/c1-11(2,3)12(4)10-8-6-5-7-9-10/h5-9H,1-4H3/q+1. The third-order valence-electron chi connectivity index (χ3n) is 2.33. The Morgan fingerprint density at radius 3 is 1.92 bits per heavy atom. The van der Waals surface area contributed by atoms with Crippen LogP contribution in [0.2, 0.25) is 11.6 Å². The summed E-state index contributed by atoms with van der Waals surface area (Å²) in [6, 6.07) is 10.9. The molecule has 0 amide bonds. The van der Waals surface area contributed by atoms with Crippen molar-refractivity contribution in [3.05, 3.63) is 30.3 Å². The van der Waals surface area contributed by atoms with Gasteiger partial charge in [0.05, 0.1) is 16.8 Å². The van der Waals surface area contributed by atoms with Crippen LogP contribution < -0.4 is 5.19 Å². The molecule has 12 heavy (non-hydrogen) atoms. The van der Waals surface area contributed by atoms with Crippen LogP contribution in [0.1, 0.15) is 20.8 Å². The molecule has 0 spiro atoms. The highest BCUT2D eigenvalue weighted by Crippen LogP contribution is 2.26. The molecule has 0 fully saturated rings. The van der Waals surface area contributed by atoms with Crippen LogP contribution in [0.15, 0.2) is 30.3 Å². The van der Waals surface area contributed by atoms with Crippen LogP contribution in [0, 0.1) is 0 Å². The number of rotatable bonds is 1. The minimum atomic E-state index is -0.383. The lowest BCUT2D eigenvalue weighted by Crippen LogP contribution is -2.35. The van der Waals surface area contributed by atoms with E-state index < -0.39 is 0 Å². The lowest BCUT2D eigenvalue weighted by molar-refractivity contribution is 0.746. The fraction of sp³-hybridized carbons (Fsp3) is 0.455. The molecule has 0 aliphatic carbocycles. The third-order valence-corrected chi connectivity index (χ3v) is 5.78. The predicted octanol–water partition coefficient (Wildman–Crippen LogP) is 2.82. The van der Waals surface area contributed by atoms with Crippen molar-refractivity contribution < 1.29 is 0 Å². The molecule has 0 aromatic heterocycles. The molecule has 0 nitrogen and oxygen atoms in total. The number of hydrogen-bond donors (Lipinski definition) is 0. The molecule has 0 aliphatic heterocycles. The van der Waals surface area contributed by atoms with Gasteiger partial charge in [-0.3, -0.25) is 0 Å². The average molecular weight is 177 g/mol. The molecule has 1 heteroatoms. The molecule has 0 N–H and O–H groups in total. The van der Waals surface area contributed by atoms with E-state index in [9.17, 15) is 0 Å². The Morgan fingerprint density at radius 1 is 1.00 bits per heavy atom. The zero-order valence-corrected chi connectivity index (χ0v) is 9.39. The maximum Gasteiger partial charge on any atom is 0.354 e. The zero-order chi connectivity index (χ0) is 9.19. The van der Waals surface area contributed by atoms with E-state index in [-0.39, 0.29) is 8.80 Å². The van der Waals surface area contributed by atoms with Crippen molar-refractivity contribution in [2.45, 2.75) is 32.4 Å². The second kappa shape index (κ2) is 3.44. The van der Waals surface area contributed by atoms with Crippen molar-refractivity contribution in [2.75, 3.05) is 0 Å². The van der Waals surface area contributed by atoms with Crippen molar-refractivity contribution in [1.29, 1.82) is 0 Å². The van der Waals surface area contributed by atoms with E-state index in [0.717, 1.165) is 0 Å². The van der Waals surface area contributed by atoms with Gasteiger partial charge in [0.15, 0.2) is 0 Å². The van der Waals surface area contributed by atoms with Gasteiger partial charge in [-0.2, -0.15) is 0 Å². The van der Waals surface area contributed by atoms with E-state index in [1.54, 1.807) is 0 Å². The summed E-state index contributed by atoms with van der Waals surface area (Å²) in [6.45, 7) is 9.37. The van der Waals surface area contributed by atoms with Crippen LogP contribution in [-0.2, 0) is 0 Å². The Labute approximate surface area is 77.2 Å². The molecule has 0 atom stereocenters. The summed E-state index contributed by atoms with van der Waals surface area (Å²) >= 11 is 0. The van der Waals surface area contributed by atoms with Crippen molar-refractivity contribution in [3.8, 4) is 0 Å². The molecule has 1 rings (SSSR count). The van der Waals surface area contributed by atoms with Gasteiger partial charge in [0.2, 0.25) is 0 Å². The summed E-state index contributed by atoms with van der Waals surface area (Å²) in [5.74, 6) is 0. The molecule has 0 unspecified atom stereocenters. The fourth-order valence-electron chi connectivity index (χ4n) is 1.12. The Hall–Kier alpha value is -0.563. The third kappa shape index (κ3) is 2.21. The van der Waals surface area contributed by atoms with E-state index in [1.807, 2.05) is 0 Å². The van der Waals surface area contributed by atoms with Gasteiger partial charge in [0.1, 0.15) is 0 Å². The molecule has 0 bridgehead atoms. The highest BCUT2D eigenvalue weighted by atomic mass is 28.3. The fourth-order valence-corrected chi connectivity index (χ4v) is 2.68. The topological polar surface area (TPSA) is 0 Å². The minimum Gasteiger partial charge on any atom is -0.0621 e. The summed E-state index contributed by atoms with van der Waals surface area (Å²) in [4.78, 5) is 0. The first-order valence-corrected chi connectivity index (χ1v) is 6.41. The predicted molar refractivity (Wildman–Crippen MR) is 57.4 cm³/mol. The van der Waals surface area contributed by atoms with Crippen LogP contribution in [0.25, 0.3) is 0 Å². The van der Waals surface area contributed by atoms with Gasteiger partial charge in [0, 0.05) is 0 Å². The molecule has 0 aliphatic rings. The van der Waals surface area contributed by atoms with E-state index in [0.29, 0.717) is 5.04 Å². The largest absolute Gasteiger partial charge is 0.354 e. The maximum absolute atomic E-state index is 2.39. The Balaban J connectivity index is 2.86. The monoisotopic (exact) mass is 177 g/mol. The van der Waals surface area contributed by atoms with Crippen molar-refractivity contribution in [3.63, 3.8) is 0 Å². The quantitative estimate of drug-likeness (QED) is 0.579. The van der Waals surface area contributed by atoms with E-state index >= 15 is 0 Å². The summed E-state index contributed by atoms with van der Waals surface area (Å²) in [7, 11) is -0.383. The first-order valence-electron chi connectivity index (χ1n) is 4.41. The van der Waals surface area contributed by atoms with Gasteiger partial charge in [0.25, 0.3) is 0 Å². The van der Waals surface area contributed by atoms with Gasteiger partial charge in [-0.1, -0.05) is 18.2 Å². The molecule has 1 aromatic carbocycles. The van der Waals surface area contributed by atoms with Gasteiger partial charge >= 0.3 is 8.80 Å². The number of benzene rings is 1. The van der Waals surface area contributed by atoms with Crippen LogP contribution in [-0.4, -0.2) is 8.80 Å². The summed E-state index contributed by atoms with van der Waals surface area (Å²) in [6.07, 6.45) is 0. The Bertz CT molecular complexity index is 233. The lowest BCUT2D eigenvalue weighted by Gasteiger charge is -2.12. The molecule has 0 heterocycles. The minimum absolute atomic E-state index is 0.383. The highest BCUT2D eigenvalue weighted by Gasteiger charge is 2.37. The van der Waals surface area contributed by atoms with Crippen molar-refractivity contribution >= 4 is 14.0 Å². The van der Waals surface area contributed by atoms with E-state index in [2.05, 4.69) is 57.7 Å². The van der Waals surface area contributed by atoms with Gasteiger partial charge in [-0.15, -0.1) is 0 Å².